The van der Waals surface area contributed by atoms with Crippen LogP contribution in [0.1, 0.15) is 41.1 Å². The first-order valence-corrected chi connectivity index (χ1v) is 8.99. The predicted molar refractivity (Wildman–Crippen MR) is 97.7 cm³/mol. The largest absolute Gasteiger partial charge is 0.348 e. The Labute approximate surface area is 151 Å². The van der Waals surface area contributed by atoms with Crippen molar-refractivity contribution in [2.45, 2.75) is 44.3 Å². The quantitative estimate of drug-likeness (QED) is 0.658. The summed E-state index contributed by atoms with van der Waals surface area (Å²) in [4.78, 5) is 23.3. The van der Waals surface area contributed by atoms with E-state index in [9.17, 15) is 14.9 Å². The molecule has 134 valence electrons. The molecule has 0 aromatic heterocycles. The Morgan fingerprint density at radius 2 is 2.00 bits per heavy atom. The molecule has 1 aliphatic heterocycles. The maximum absolute atomic E-state index is 12.8. The zero-order valence-corrected chi connectivity index (χ0v) is 14.4. The summed E-state index contributed by atoms with van der Waals surface area (Å²) in [6.45, 7) is 0.469. The molecule has 0 fully saturated rings. The van der Waals surface area contributed by atoms with Crippen molar-refractivity contribution in [3.8, 4) is 0 Å². The van der Waals surface area contributed by atoms with Gasteiger partial charge in [0.05, 0.1) is 17.0 Å². The van der Waals surface area contributed by atoms with E-state index in [4.69, 9.17) is 0 Å². The van der Waals surface area contributed by atoms with Gasteiger partial charge in [0.25, 0.3) is 5.69 Å². The van der Waals surface area contributed by atoms with Crippen LogP contribution in [-0.2, 0) is 24.2 Å². The Morgan fingerprint density at radius 1 is 1.15 bits per heavy atom. The minimum atomic E-state index is -0.389. The number of benzene rings is 2. The van der Waals surface area contributed by atoms with Crippen molar-refractivity contribution in [2.24, 2.45) is 0 Å². The average Bonchev–Trinajstić information content (AvgIpc) is 2.67. The normalized spacial score (nSPS) is 21.4. The highest BCUT2D eigenvalue weighted by Crippen LogP contribution is 2.30. The van der Waals surface area contributed by atoms with Gasteiger partial charge in [0, 0.05) is 18.7 Å². The first-order chi connectivity index (χ1) is 12.6. The number of hydrogen-bond acceptors (Lipinski definition) is 4. The molecule has 2 aliphatic rings. The minimum Gasteiger partial charge on any atom is -0.348 e. The summed E-state index contributed by atoms with van der Waals surface area (Å²) in [5, 5.41) is 17.3. The topological polar surface area (TPSA) is 84.3 Å². The van der Waals surface area contributed by atoms with Gasteiger partial charge in [0.2, 0.25) is 5.91 Å². The summed E-state index contributed by atoms with van der Waals surface area (Å²) in [5.41, 5.74) is 4.52. The molecule has 2 N–H and O–H groups in total. The number of rotatable bonds is 3. The van der Waals surface area contributed by atoms with Gasteiger partial charge in [0.15, 0.2) is 0 Å². The van der Waals surface area contributed by atoms with E-state index < -0.39 is 0 Å². The highest BCUT2D eigenvalue weighted by Gasteiger charge is 2.28. The van der Waals surface area contributed by atoms with Crippen LogP contribution in [0.5, 0.6) is 0 Å². The zero-order valence-electron chi connectivity index (χ0n) is 14.4. The van der Waals surface area contributed by atoms with Crippen molar-refractivity contribution < 1.29 is 9.72 Å². The number of aryl methyl sites for hydroxylation is 1. The van der Waals surface area contributed by atoms with Crippen LogP contribution in [0.4, 0.5) is 5.69 Å². The fraction of sp³-hybridized carbons (Fsp3) is 0.350. The van der Waals surface area contributed by atoms with Crippen LogP contribution >= 0.6 is 0 Å². The summed E-state index contributed by atoms with van der Waals surface area (Å²) in [7, 11) is 0. The van der Waals surface area contributed by atoms with Gasteiger partial charge in [-0.05, 0) is 47.9 Å². The molecule has 26 heavy (non-hydrogen) atoms. The molecule has 6 nitrogen and oxygen atoms in total. The van der Waals surface area contributed by atoms with Crippen molar-refractivity contribution >= 4 is 11.6 Å². The molecular weight excluding hydrogens is 330 g/mol. The van der Waals surface area contributed by atoms with Crippen molar-refractivity contribution in [3.05, 3.63) is 74.8 Å². The Morgan fingerprint density at radius 3 is 2.85 bits per heavy atom. The monoisotopic (exact) mass is 351 g/mol. The number of fused-ring (bicyclic) bond motifs is 2. The van der Waals surface area contributed by atoms with Gasteiger partial charge in [0.1, 0.15) is 0 Å². The third kappa shape index (κ3) is 3.20. The lowest BCUT2D eigenvalue weighted by atomic mass is 9.87. The average molecular weight is 351 g/mol. The summed E-state index contributed by atoms with van der Waals surface area (Å²) < 4.78 is 0. The Bertz CT molecular complexity index is 865. The SMILES string of the molecule is O=C(N[C@@H]1CCCc2ccccc21)[C@@H]1Cc2ccc([N+](=O)[O-])cc2CN1. The van der Waals surface area contributed by atoms with E-state index in [1.54, 1.807) is 12.1 Å². The van der Waals surface area contributed by atoms with E-state index >= 15 is 0 Å². The fourth-order valence-corrected chi connectivity index (χ4v) is 3.98. The van der Waals surface area contributed by atoms with Crippen LogP contribution in [0.15, 0.2) is 42.5 Å². The number of carbonyl (C=O) groups excluding carboxylic acids is 1. The van der Waals surface area contributed by atoms with E-state index in [1.165, 1.54) is 17.2 Å². The Balaban J connectivity index is 1.46. The molecule has 0 unspecified atom stereocenters. The fourth-order valence-electron chi connectivity index (χ4n) is 3.98. The number of amides is 1. The van der Waals surface area contributed by atoms with Crippen LogP contribution < -0.4 is 10.6 Å². The lowest BCUT2D eigenvalue weighted by molar-refractivity contribution is -0.384. The first-order valence-electron chi connectivity index (χ1n) is 8.99. The number of nitro groups is 1. The molecule has 2 aromatic carbocycles. The minimum absolute atomic E-state index is 0.00398. The number of non-ortho nitro benzene ring substituents is 1. The third-order valence-corrected chi connectivity index (χ3v) is 5.37. The molecule has 2 atom stereocenters. The first kappa shape index (κ1) is 16.7. The van der Waals surface area contributed by atoms with E-state index in [-0.39, 0.29) is 28.6 Å². The van der Waals surface area contributed by atoms with E-state index in [0.29, 0.717) is 13.0 Å². The zero-order chi connectivity index (χ0) is 18.1. The lowest BCUT2D eigenvalue weighted by Crippen LogP contribution is -2.48. The molecule has 1 aliphatic carbocycles. The molecule has 2 aromatic rings. The summed E-state index contributed by atoms with van der Waals surface area (Å²) in [6, 6.07) is 12.9. The summed E-state index contributed by atoms with van der Waals surface area (Å²) >= 11 is 0. The Kier molecular flexibility index (Phi) is 4.42. The maximum Gasteiger partial charge on any atom is 0.269 e. The summed E-state index contributed by atoms with van der Waals surface area (Å²) in [5.74, 6) is -0.00398. The standard InChI is InChI=1S/C20H21N3O3/c24-20(22-18-7-3-5-13-4-1-2-6-17(13)18)19-11-14-8-9-16(23(25)26)10-15(14)12-21-19/h1-2,4,6,8-10,18-19,21H,3,5,7,11-12H2,(H,22,24)/t18-,19+/m1/s1. The molecule has 1 heterocycles. The maximum atomic E-state index is 12.8. The molecule has 0 spiro atoms. The van der Waals surface area contributed by atoms with Crippen molar-refractivity contribution in [2.75, 3.05) is 0 Å². The number of nitro benzene ring substituents is 1. The summed E-state index contributed by atoms with van der Waals surface area (Å²) in [6.07, 6.45) is 3.65. The van der Waals surface area contributed by atoms with Gasteiger partial charge < -0.3 is 10.6 Å². The molecule has 0 radical (unpaired) electrons. The van der Waals surface area contributed by atoms with E-state index in [0.717, 1.165) is 30.4 Å². The van der Waals surface area contributed by atoms with Gasteiger partial charge in [-0.1, -0.05) is 30.3 Å². The number of nitrogens with one attached hydrogen (secondary N) is 2. The molecule has 4 rings (SSSR count). The van der Waals surface area contributed by atoms with Gasteiger partial charge in [-0.3, -0.25) is 14.9 Å². The van der Waals surface area contributed by atoms with Crippen molar-refractivity contribution in [3.63, 3.8) is 0 Å². The van der Waals surface area contributed by atoms with Crippen molar-refractivity contribution in [1.29, 1.82) is 0 Å². The molecule has 0 saturated heterocycles. The third-order valence-electron chi connectivity index (χ3n) is 5.37. The van der Waals surface area contributed by atoms with E-state index in [2.05, 4.69) is 22.8 Å². The highest BCUT2D eigenvalue weighted by molar-refractivity contribution is 5.83. The number of hydrogen-bond donors (Lipinski definition) is 2. The highest BCUT2D eigenvalue weighted by atomic mass is 16.6. The van der Waals surface area contributed by atoms with E-state index in [1.807, 2.05) is 12.1 Å². The van der Waals surface area contributed by atoms with Gasteiger partial charge in [-0.25, -0.2) is 0 Å². The van der Waals surface area contributed by atoms with Gasteiger partial charge >= 0.3 is 0 Å². The van der Waals surface area contributed by atoms with Crippen LogP contribution in [0, 0.1) is 10.1 Å². The molecule has 1 amide bonds. The van der Waals surface area contributed by atoms with Crippen LogP contribution in [0.25, 0.3) is 0 Å². The van der Waals surface area contributed by atoms with Crippen LogP contribution in [0.3, 0.4) is 0 Å². The van der Waals surface area contributed by atoms with Crippen LogP contribution in [0.2, 0.25) is 0 Å². The molecule has 0 bridgehead atoms. The van der Waals surface area contributed by atoms with Crippen molar-refractivity contribution in [1.82, 2.24) is 10.6 Å². The second-order valence-electron chi connectivity index (χ2n) is 7.00. The van der Waals surface area contributed by atoms with Crippen LogP contribution in [-0.4, -0.2) is 16.9 Å². The smallest absolute Gasteiger partial charge is 0.269 e. The number of carbonyl (C=O) groups is 1. The van der Waals surface area contributed by atoms with Gasteiger partial charge in [-0.2, -0.15) is 0 Å². The Hall–Kier alpha value is -2.73. The predicted octanol–water partition coefficient (Wildman–Crippen LogP) is 2.80. The molecule has 0 saturated carbocycles. The molecule has 6 heteroatoms. The number of nitrogens with zero attached hydrogens (tertiary/aromatic N) is 1. The second-order valence-corrected chi connectivity index (χ2v) is 7.00. The second kappa shape index (κ2) is 6.88. The lowest BCUT2D eigenvalue weighted by Gasteiger charge is -2.30. The van der Waals surface area contributed by atoms with Gasteiger partial charge in [-0.15, -0.1) is 0 Å². The molecular formula is C20H21N3O3.